The van der Waals surface area contributed by atoms with E-state index in [0.29, 0.717) is 33.0 Å². The zero-order valence-electron chi connectivity index (χ0n) is 20.9. The third-order valence-corrected chi connectivity index (χ3v) is 7.62. The van der Waals surface area contributed by atoms with Gasteiger partial charge in [-0.3, -0.25) is 9.36 Å². The minimum absolute atomic E-state index is 0.216. The summed E-state index contributed by atoms with van der Waals surface area (Å²) in [6.45, 7) is 4.23. The molecule has 2 heterocycles. The van der Waals surface area contributed by atoms with Gasteiger partial charge in [-0.1, -0.05) is 81.9 Å². The fourth-order valence-corrected chi connectivity index (χ4v) is 5.65. The number of carbonyl (C=O) groups is 1. The molecule has 0 saturated carbocycles. The minimum atomic E-state index is -0.638. The van der Waals surface area contributed by atoms with Gasteiger partial charge < -0.3 is 9.47 Å². The van der Waals surface area contributed by atoms with E-state index in [1.54, 1.807) is 18.4 Å². The van der Waals surface area contributed by atoms with Crippen LogP contribution in [-0.2, 0) is 16.1 Å². The molecule has 0 N–H and O–H groups in total. The van der Waals surface area contributed by atoms with E-state index in [-0.39, 0.29) is 12.2 Å². The molecule has 1 aliphatic heterocycles. The van der Waals surface area contributed by atoms with Crippen LogP contribution in [0.15, 0.2) is 104 Å². The highest BCUT2D eigenvalue weighted by Crippen LogP contribution is 2.31. The predicted molar refractivity (Wildman–Crippen MR) is 152 cm³/mol. The van der Waals surface area contributed by atoms with E-state index in [4.69, 9.17) is 9.47 Å². The first-order chi connectivity index (χ1) is 18.4. The number of aromatic nitrogens is 1. The summed E-state index contributed by atoms with van der Waals surface area (Å²) in [5, 5.41) is 0. The van der Waals surface area contributed by atoms with Crippen molar-refractivity contribution in [3.63, 3.8) is 0 Å². The number of fused-ring (bicyclic) bond motifs is 1. The Balaban J connectivity index is 1.55. The van der Waals surface area contributed by atoms with Crippen LogP contribution in [-0.4, -0.2) is 17.1 Å². The number of rotatable bonds is 7. The largest absolute Gasteiger partial charge is 0.489 e. The summed E-state index contributed by atoms with van der Waals surface area (Å²) >= 11 is 4.76. The molecule has 5 rings (SSSR count). The lowest BCUT2D eigenvalue weighted by Crippen LogP contribution is -2.39. The minimum Gasteiger partial charge on any atom is -0.489 e. The van der Waals surface area contributed by atoms with Crippen molar-refractivity contribution in [2.75, 3.05) is 6.61 Å². The Morgan fingerprint density at radius 2 is 1.84 bits per heavy atom. The molecular formula is C30H25BrN2O4S. The Bertz CT molecular complexity index is 1690. The van der Waals surface area contributed by atoms with Gasteiger partial charge in [-0.25, -0.2) is 9.79 Å². The molecule has 192 valence electrons. The van der Waals surface area contributed by atoms with Crippen molar-refractivity contribution in [3.8, 4) is 5.75 Å². The van der Waals surface area contributed by atoms with Crippen molar-refractivity contribution in [2.24, 2.45) is 4.99 Å². The summed E-state index contributed by atoms with van der Waals surface area (Å²) in [4.78, 5) is 31.9. The van der Waals surface area contributed by atoms with Crippen LogP contribution in [0.5, 0.6) is 5.75 Å². The number of thiazole rings is 1. The third kappa shape index (κ3) is 5.42. The number of benzene rings is 3. The molecule has 1 aliphatic rings. The lowest BCUT2D eigenvalue weighted by molar-refractivity contribution is -0.139. The van der Waals surface area contributed by atoms with Gasteiger partial charge in [0, 0.05) is 4.47 Å². The van der Waals surface area contributed by atoms with E-state index in [1.165, 1.54) is 11.3 Å². The Morgan fingerprint density at radius 3 is 2.58 bits per heavy atom. The number of ether oxygens (including phenoxy) is 2. The molecule has 6 nitrogen and oxygen atoms in total. The maximum atomic E-state index is 13.8. The molecule has 0 radical (unpaired) electrons. The maximum Gasteiger partial charge on any atom is 0.338 e. The van der Waals surface area contributed by atoms with Gasteiger partial charge in [0.1, 0.15) is 12.4 Å². The summed E-state index contributed by atoms with van der Waals surface area (Å²) < 4.78 is 14.3. The lowest BCUT2D eigenvalue weighted by Gasteiger charge is -2.24. The maximum absolute atomic E-state index is 13.8. The summed E-state index contributed by atoms with van der Waals surface area (Å²) in [6.07, 6.45) is 1.83. The van der Waals surface area contributed by atoms with Crippen LogP contribution in [0.1, 0.15) is 36.6 Å². The summed E-state index contributed by atoms with van der Waals surface area (Å²) in [7, 11) is 0. The van der Waals surface area contributed by atoms with E-state index in [9.17, 15) is 9.59 Å². The first-order valence-electron chi connectivity index (χ1n) is 12.2. The fourth-order valence-electron chi connectivity index (χ4n) is 4.34. The van der Waals surface area contributed by atoms with E-state index >= 15 is 0 Å². The van der Waals surface area contributed by atoms with Crippen LogP contribution in [0, 0.1) is 0 Å². The Hall–Kier alpha value is -3.75. The Morgan fingerprint density at radius 1 is 1.08 bits per heavy atom. The van der Waals surface area contributed by atoms with Gasteiger partial charge in [0.15, 0.2) is 4.80 Å². The highest BCUT2D eigenvalue weighted by molar-refractivity contribution is 9.10. The first-order valence-corrected chi connectivity index (χ1v) is 13.8. The normalized spacial score (nSPS) is 15.1. The van der Waals surface area contributed by atoms with Crippen molar-refractivity contribution in [2.45, 2.75) is 26.5 Å². The molecule has 0 saturated heterocycles. The average molecular weight is 590 g/mol. The van der Waals surface area contributed by atoms with E-state index in [1.807, 2.05) is 84.9 Å². The molecule has 8 heteroatoms. The van der Waals surface area contributed by atoms with Crippen molar-refractivity contribution >= 4 is 39.3 Å². The van der Waals surface area contributed by atoms with Crippen LogP contribution >= 0.6 is 27.3 Å². The van der Waals surface area contributed by atoms with Crippen molar-refractivity contribution in [1.82, 2.24) is 4.57 Å². The zero-order chi connectivity index (χ0) is 26.6. The standard InChI is InChI=1S/C30H25BrN2O4S/c1-3-36-29(35)26-19(2)32-30-33(27(26)22-12-14-23(31)15-13-22)28(34)25(38-30)17-21-10-7-11-24(16-21)37-18-20-8-5-4-6-9-20/h4-17,27H,3,18H2,1-2H3/t27-/m1/s1. The number of allylic oxidation sites excluding steroid dienone is 1. The number of halogens is 1. The topological polar surface area (TPSA) is 69.9 Å². The van der Waals surface area contributed by atoms with Crippen LogP contribution in [0.2, 0.25) is 0 Å². The second kappa shape index (κ2) is 11.3. The van der Waals surface area contributed by atoms with Gasteiger partial charge in [-0.2, -0.15) is 0 Å². The highest BCUT2D eigenvalue weighted by Gasteiger charge is 2.33. The molecule has 0 aliphatic carbocycles. The lowest BCUT2D eigenvalue weighted by atomic mass is 9.96. The monoisotopic (exact) mass is 588 g/mol. The molecule has 0 bridgehead atoms. The van der Waals surface area contributed by atoms with Crippen molar-refractivity contribution in [1.29, 1.82) is 0 Å². The molecule has 1 aromatic heterocycles. The van der Waals surface area contributed by atoms with Crippen molar-refractivity contribution < 1.29 is 14.3 Å². The summed E-state index contributed by atoms with van der Waals surface area (Å²) in [5.41, 5.74) is 3.40. The van der Waals surface area contributed by atoms with Gasteiger partial charge in [-0.05, 0) is 60.9 Å². The molecule has 0 spiro atoms. The molecular weight excluding hydrogens is 564 g/mol. The molecule has 0 unspecified atom stereocenters. The summed E-state index contributed by atoms with van der Waals surface area (Å²) in [6, 6.07) is 24.5. The van der Waals surface area contributed by atoms with Crippen LogP contribution < -0.4 is 19.6 Å². The van der Waals surface area contributed by atoms with Gasteiger partial charge in [0.2, 0.25) is 0 Å². The van der Waals surface area contributed by atoms with Crippen LogP contribution in [0.3, 0.4) is 0 Å². The third-order valence-electron chi connectivity index (χ3n) is 6.11. The van der Waals surface area contributed by atoms with Crippen LogP contribution in [0.4, 0.5) is 0 Å². The fraction of sp³-hybridized carbons (Fsp3) is 0.167. The van der Waals surface area contributed by atoms with E-state index < -0.39 is 12.0 Å². The Kier molecular flexibility index (Phi) is 7.72. The zero-order valence-corrected chi connectivity index (χ0v) is 23.3. The quantitative estimate of drug-likeness (QED) is 0.280. The Labute approximate surface area is 232 Å². The van der Waals surface area contributed by atoms with Gasteiger partial charge >= 0.3 is 5.97 Å². The number of carbonyl (C=O) groups excluding carboxylic acids is 1. The SMILES string of the molecule is CCOC(=O)C1=C(C)N=c2sc(=Cc3cccc(OCc4ccccc4)c3)c(=O)n2[C@@H]1c1ccc(Br)cc1. The molecule has 3 aromatic carbocycles. The van der Waals surface area contributed by atoms with Gasteiger partial charge in [0.25, 0.3) is 5.56 Å². The van der Waals surface area contributed by atoms with Gasteiger partial charge in [-0.15, -0.1) is 0 Å². The second-order valence-electron chi connectivity index (χ2n) is 8.70. The average Bonchev–Trinajstić information content (AvgIpc) is 3.22. The van der Waals surface area contributed by atoms with Crippen molar-refractivity contribution in [3.05, 3.63) is 131 Å². The molecule has 0 amide bonds. The smallest absolute Gasteiger partial charge is 0.338 e. The number of hydrogen-bond donors (Lipinski definition) is 0. The molecule has 0 fully saturated rings. The second-order valence-corrected chi connectivity index (χ2v) is 10.6. The highest BCUT2D eigenvalue weighted by atomic mass is 79.9. The molecule has 4 aromatic rings. The van der Waals surface area contributed by atoms with E-state index in [0.717, 1.165) is 21.2 Å². The number of nitrogens with zero attached hydrogens (tertiary/aromatic N) is 2. The molecule has 1 atom stereocenters. The predicted octanol–water partition coefficient (Wildman–Crippen LogP) is 5.14. The number of esters is 1. The van der Waals surface area contributed by atoms with E-state index in [2.05, 4.69) is 20.9 Å². The van der Waals surface area contributed by atoms with Crippen LogP contribution in [0.25, 0.3) is 6.08 Å². The molecule has 38 heavy (non-hydrogen) atoms. The summed E-state index contributed by atoms with van der Waals surface area (Å²) in [5.74, 6) is 0.239. The van der Waals surface area contributed by atoms with Gasteiger partial charge in [0.05, 0.1) is 28.5 Å². The number of hydrogen-bond acceptors (Lipinski definition) is 6. The first kappa shape index (κ1) is 25.9.